The standard InChI is InChI=1S/C11H18N4O2S2/c12-15-11-5-4-10(8-13-11)19(16,17)14-7-9-3-1-2-6-18-9/h4-5,8-9,14H,1-3,6-7,12H2,(H,13,15). The Hall–Kier alpha value is -0.830. The minimum Gasteiger partial charge on any atom is -0.308 e. The molecule has 8 heteroatoms. The Morgan fingerprint density at radius 3 is 2.84 bits per heavy atom. The van der Waals surface area contributed by atoms with Gasteiger partial charge in [-0.1, -0.05) is 6.42 Å². The van der Waals surface area contributed by atoms with Gasteiger partial charge in [-0.15, -0.1) is 0 Å². The van der Waals surface area contributed by atoms with Gasteiger partial charge in [0.1, 0.15) is 10.7 Å². The fourth-order valence-electron chi connectivity index (χ4n) is 1.88. The Morgan fingerprint density at radius 2 is 2.26 bits per heavy atom. The first-order valence-corrected chi connectivity index (χ1v) is 8.69. The van der Waals surface area contributed by atoms with E-state index >= 15 is 0 Å². The quantitative estimate of drug-likeness (QED) is 0.553. The predicted molar refractivity (Wildman–Crippen MR) is 77.3 cm³/mol. The van der Waals surface area contributed by atoms with Crippen LogP contribution in [0.5, 0.6) is 0 Å². The highest BCUT2D eigenvalue weighted by atomic mass is 32.2. The molecule has 1 atom stereocenters. The third-order valence-electron chi connectivity index (χ3n) is 2.97. The number of nitrogens with two attached hydrogens (primary N) is 1. The molecule has 1 aliphatic rings. The summed E-state index contributed by atoms with van der Waals surface area (Å²) in [6, 6.07) is 3.02. The molecule has 1 aromatic heterocycles. The number of rotatable bonds is 5. The summed E-state index contributed by atoms with van der Waals surface area (Å²) in [5, 5.41) is 0.376. The van der Waals surface area contributed by atoms with Crippen LogP contribution in [0.2, 0.25) is 0 Å². The summed E-state index contributed by atoms with van der Waals surface area (Å²) in [7, 11) is -3.48. The Kier molecular flexibility index (Phi) is 5.03. The van der Waals surface area contributed by atoms with Crippen molar-refractivity contribution in [1.29, 1.82) is 0 Å². The lowest BCUT2D eigenvalue weighted by Crippen LogP contribution is -2.32. The van der Waals surface area contributed by atoms with Gasteiger partial charge < -0.3 is 5.43 Å². The molecule has 6 nitrogen and oxygen atoms in total. The van der Waals surface area contributed by atoms with Gasteiger partial charge in [-0.3, -0.25) is 0 Å². The molecular formula is C11H18N4O2S2. The molecule has 0 bridgehead atoms. The third-order valence-corrected chi connectivity index (χ3v) is 5.78. The van der Waals surface area contributed by atoms with Crippen LogP contribution in [-0.4, -0.2) is 30.9 Å². The van der Waals surface area contributed by atoms with E-state index in [1.165, 1.54) is 31.2 Å². The van der Waals surface area contributed by atoms with Crippen LogP contribution in [0.4, 0.5) is 5.82 Å². The smallest absolute Gasteiger partial charge is 0.242 e. The van der Waals surface area contributed by atoms with Gasteiger partial charge in [0.05, 0.1) is 0 Å². The van der Waals surface area contributed by atoms with Gasteiger partial charge in [-0.25, -0.2) is 24.0 Å². The number of pyridine rings is 1. The zero-order valence-corrected chi connectivity index (χ0v) is 12.1. The average Bonchev–Trinajstić information content (AvgIpc) is 2.46. The molecule has 0 aromatic carbocycles. The van der Waals surface area contributed by atoms with Gasteiger partial charge in [-0.05, 0) is 30.7 Å². The van der Waals surface area contributed by atoms with E-state index < -0.39 is 10.0 Å². The van der Waals surface area contributed by atoms with Crippen LogP contribution in [0.3, 0.4) is 0 Å². The number of sulfonamides is 1. The van der Waals surface area contributed by atoms with Crippen molar-refractivity contribution in [3.05, 3.63) is 18.3 Å². The van der Waals surface area contributed by atoms with Gasteiger partial charge in [0, 0.05) is 18.0 Å². The first-order chi connectivity index (χ1) is 9.12. The van der Waals surface area contributed by atoms with Crippen LogP contribution in [-0.2, 0) is 10.0 Å². The molecule has 0 radical (unpaired) electrons. The van der Waals surface area contributed by atoms with E-state index in [4.69, 9.17) is 5.84 Å². The molecule has 2 rings (SSSR count). The Balaban J connectivity index is 1.96. The summed E-state index contributed by atoms with van der Waals surface area (Å²) in [5.41, 5.74) is 2.36. The third kappa shape index (κ3) is 4.07. The normalized spacial score (nSPS) is 20.2. The van der Waals surface area contributed by atoms with Crippen molar-refractivity contribution >= 4 is 27.6 Å². The van der Waals surface area contributed by atoms with Crippen LogP contribution in [0, 0.1) is 0 Å². The maximum Gasteiger partial charge on any atom is 0.242 e. The molecule has 1 saturated heterocycles. The second-order valence-corrected chi connectivity index (χ2v) is 7.54. The summed E-state index contributed by atoms with van der Waals surface area (Å²) >= 11 is 1.84. The maximum absolute atomic E-state index is 12.1. The molecule has 19 heavy (non-hydrogen) atoms. The van der Waals surface area contributed by atoms with Crippen LogP contribution in [0.1, 0.15) is 19.3 Å². The maximum atomic E-state index is 12.1. The number of aromatic nitrogens is 1. The number of thioether (sulfide) groups is 1. The SMILES string of the molecule is NNc1ccc(S(=O)(=O)NCC2CCCCS2)cn1. The number of hydrogen-bond donors (Lipinski definition) is 3. The monoisotopic (exact) mass is 302 g/mol. The molecule has 106 valence electrons. The minimum absolute atomic E-state index is 0.160. The number of nitrogens with one attached hydrogen (secondary N) is 2. The fourth-order valence-corrected chi connectivity index (χ4v) is 4.25. The van der Waals surface area contributed by atoms with Crippen molar-refractivity contribution in [2.75, 3.05) is 17.7 Å². The second-order valence-electron chi connectivity index (χ2n) is 4.36. The highest BCUT2D eigenvalue weighted by Crippen LogP contribution is 2.24. The van der Waals surface area contributed by atoms with Gasteiger partial charge in [0.15, 0.2) is 0 Å². The van der Waals surface area contributed by atoms with Crippen LogP contribution >= 0.6 is 11.8 Å². The van der Waals surface area contributed by atoms with Crippen LogP contribution in [0.25, 0.3) is 0 Å². The molecule has 1 aliphatic heterocycles. The van der Waals surface area contributed by atoms with E-state index in [-0.39, 0.29) is 4.90 Å². The molecule has 4 N–H and O–H groups in total. The zero-order valence-electron chi connectivity index (χ0n) is 10.5. The van der Waals surface area contributed by atoms with Crippen molar-refractivity contribution in [2.24, 2.45) is 5.84 Å². The summed E-state index contributed by atoms with van der Waals surface area (Å²) in [6.45, 7) is 0.476. The van der Waals surface area contributed by atoms with Gasteiger partial charge in [0.25, 0.3) is 0 Å². The Morgan fingerprint density at radius 1 is 1.42 bits per heavy atom. The first-order valence-electron chi connectivity index (χ1n) is 6.16. The minimum atomic E-state index is -3.48. The lowest BCUT2D eigenvalue weighted by atomic mass is 10.2. The van der Waals surface area contributed by atoms with Crippen molar-refractivity contribution < 1.29 is 8.42 Å². The van der Waals surface area contributed by atoms with Crippen LogP contribution < -0.4 is 16.0 Å². The van der Waals surface area contributed by atoms with E-state index in [1.54, 1.807) is 0 Å². The lowest BCUT2D eigenvalue weighted by Gasteiger charge is -2.21. The number of nitrogens with zero attached hydrogens (tertiary/aromatic N) is 1. The average molecular weight is 302 g/mol. The summed E-state index contributed by atoms with van der Waals surface area (Å²) in [4.78, 5) is 4.06. The van der Waals surface area contributed by atoms with Crippen molar-refractivity contribution in [1.82, 2.24) is 9.71 Å². The Bertz CT molecular complexity index is 498. The zero-order chi connectivity index (χ0) is 13.7. The second kappa shape index (κ2) is 6.56. The molecule has 0 spiro atoms. The number of anilines is 1. The fraction of sp³-hybridized carbons (Fsp3) is 0.545. The molecule has 0 saturated carbocycles. The predicted octanol–water partition coefficient (Wildman–Crippen LogP) is 0.931. The number of hydrazine groups is 1. The summed E-state index contributed by atoms with van der Waals surface area (Å²) < 4.78 is 26.8. The summed E-state index contributed by atoms with van der Waals surface area (Å²) in [5.74, 6) is 6.73. The molecule has 1 aromatic rings. The molecule has 1 unspecified atom stereocenters. The number of hydrogen-bond acceptors (Lipinski definition) is 6. The highest BCUT2D eigenvalue weighted by molar-refractivity contribution is 8.00. The van der Waals surface area contributed by atoms with E-state index in [9.17, 15) is 8.42 Å². The van der Waals surface area contributed by atoms with Gasteiger partial charge in [-0.2, -0.15) is 11.8 Å². The highest BCUT2D eigenvalue weighted by Gasteiger charge is 2.19. The molecule has 2 heterocycles. The topological polar surface area (TPSA) is 97.1 Å². The summed E-state index contributed by atoms with van der Waals surface area (Å²) in [6.07, 6.45) is 4.77. The van der Waals surface area contributed by atoms with Crippen LogP contribution in [0.15, 0.2) is 23.2 Å². The lowest BCUT2D eigenvalue weighted by molar-refractivity contribution is 0.573. The van der Waals surface area contributed by atoms with Crippen molar-refractivity contribution in [3.63, 3.8) is 0 Å². The van der Waals surface area contributed by atoms with Gasteiger partial charge >= 0.3 is 0 Å². The van der Waals surface area contributed by atoms with Crippen molar-refractivity contribution in [3.8, 4) is 0 Å². The molecule has 0 aliphatic carbocycles. The molecule has 1 fully saturated rings. The van der Waals surface area contributed by atoms with Crippen molar-refractivity contribution in [2.45, 2.75) is 29.4 Å². The van der Waals surface area contributed by atoms with Gasteiger partial charge in [0.2, 0.25) is 10.0 Å². The molecular weight excluding hydrogens is 284 g/mol. The molecule has 0 amide bonds. The van der Waals surface area contributed by atoms with E-state index in [2.05, 4.69) is 15.1 Å². The largest absolute Gasteiger partial charge is 0.308 e. The first kappa shape index (κ1) is 14.6. The van der Waals surface area contributed by atoms with E-state index in [0.717, 1.165) is 12.2 Å². The van der Waals surface area contributed by atoms with E-state index in [1.807, 2.05) is 11.8 Å². The number of nitrogen functional groups attached to an aromatic ring is 1. The Labute approximate surface area is 117 Å². The van der Waals surface area contributed by atoms with E-state index in [0.29, 0.717) is 17.6 Å².